The molecule has 27 heavy (non-hydrogen) atoms. The topological polar surface area (TPSA) is 80.7 Å². The Morgan fingerprint density at radius 2 is 1.78 bits per heavy atom. The zero-order chi connectivity index (χ0) is 19.9. The molecule has 0 unspecified atom stereocenters. The van der Waals surface area contributed by atoms with Crippen molar-refractivity contribution < 1.29 is 24.2 Å². The molecule has 2 rings (SSSR count). The molecule has 0 amide bonds. The van der Waals surface area contributed by atoms with Gasteiger partial charge in [-0.1, -0.05) is 32.0 Å². The van der Waals surface area contributed by atoms with E-state index in [-0.39, 0.29) is 23.1 Å². The first kappa shape index (κ1) is 21.1. The van der Waals surface area contributed by atoms with Crippen LogP contribution in [0.3, 0.4) is 0 Å². The molecule has 5 nitrogen and oxygen atoms in total. The average molecular weight is 374 g/mol. The van der Waals surface area contributed by atoms with Crippen molar-refractivity contribution in [3.63, 3.8) is 0 Å². The van der Waals surface area contributed by atoms with Crippen molar-refractivity contribution in [3.05, 3.63) is 29.8 Å². The lowest BCUT2D eigenvalue weighted by Crippen LogP contribution is -2.35. The van der Waals surface area contributed by atoms with Crippen LogP contribution in [0.15, 0.2) is 24.3 Å². The number of esters is 1. The molecule has 0 spiro atoms. The number of carboxylic acid groups (broad SMARTS) is 1. The van der Waals surface area contributed by atoms with Crippen molar-refractivity contribution in [2.24, 2.45) is 5.92 Å². The van der Waals surface area contributed by atoms with Gasteiger partial charge in [-0.25, -0.2) is 0 Å². The normalized spacial score (nSPS) is 22.2. The number of para-hydroxylation sites is 1. The van der Waals surface area contributed by atoms with E-state index in [0.29, 0.717) is 57.1 Å². The number of carboxylic acids is 1. The molecule has 5 heteroatoms. The van der Waals surface area contributed by atoms with Gasteiger partial charge in [-0.15, -0.1) is 0 Å². The van der Waals surface area contributed by atoms with Crippen LogP contribution in [0, 0.1) is 5.92 Å². The van der Waals surface area contributed by atoms with Gasteiger partial charge in [0.05, 0.1) is 5.92 Å². The van der Waals surface area contributed by atoms with E-state index in [2.05, 4.69) is 0 Å². The molecule has 1 saturated carbocycles. The second-order valence-electron chi connectivity index (χ2n) is 7.51. The number of hydrogen-bond acceptors (Lipinski definition) is 4. The Hall–Kier alpha value is -2.17. The van der Waals surface area contributed by atoms with Crippen LogP contribution in [0.1, 0.15) is 77.2 Å². The fourth-order valence-electron chi connectivity index (χ4n) is 4.00. The minimum absolute atomic E-state index is 0.204. The minimum Gasteiger partial charge on any atom is -0.481 e. The van der Waals surface area contributed by atoms with Crippen LogP contribution < -0.4 is 4.74 Å². The Morgan fingerprint density at radius 3 is 2.37 bits per heavy atom. The average Bonchev–Trinajstić information content (AvgIpc) is 2.67. The van der Waals surface area contributed by atoms with Crippen molar-refractivity contribution in [1.82, 2.24) is 0 Å². The number of carbonyl (C=O) groups is 3. The molecule has 1 aliphatic carbocycles. The summed E-state index contributed by atoms with van der Waals surface area (Å²) in [6, 6.07) is 7.52. The van der Waals surface area contributed by atoms with Crippen molar-refractivity contribution in [3.8, 4) is 5.75 Å². The van der Waals surface area contributed by atoms with Gasteiger partial charge in [0.1, 0.15) is 11.5 Å². The van der Waals surface area contributed by atoms with Gasteiger partial charge in [0.2, 0.25) is 0 Å². The van der Waals surface area contributed by atoms with Gasteiger partial charge >= 0.3 is 11.9 Å². The summed E-state index contributed by atoms with van der Waals surface area (Å²) in [4.78, 5) is 35.4. The number of Topliss-reactive ketones (excluding diaryl/α,β-unsaturated/α-hetero) is 1. The van der Waals surface area contributed by atoms with Crippen LogP contribution in [0.2, 0.25) is 0 Å². The molecule has 0 heterocycles. The summed E-state index contributed by atoms with van der Waals surface area (Å²) in [6.45, 7) is 3.79. The van der Waals surface area contributed by atoms with E-state index >= 15 is 0 Å². The Morgan fingerprint density at radius 1 is 1.11 bits per heavy atom. The van der Waals surface area contributed by atoms with Crippen LogP contribution in [-0.4, -0.2) is 22.8 Å². The highest BCUT2D eigenvalue weighted by atomic mass is 16.5. The maximum Gasteiger partial charge on any atom is 0.311 e. The second kappa shape index (κ2) is 9.67. The molecule has 148 valence electrons. The molecule has 0 aromatic heterocycles. The first-order valence-electron chi connectivity index (χ1n) is 9.96. The van der Waals surface area contributed by atoms with Crippen LogP contribution in [0.4, 0.5) is 0 Å². The zero-order valence-corrected chi connectivity index (χ0v) is 16.3. The van der Waals surface area contributed by atoms with E-state index in [1.165, 1.54) is 0 Å². The lowest BCUT2D eigenvalue weighted by Gasteiger charge is -2.40. The molecule has 1 aliphatic rings. The van der Waals surface area contributed by atoms with Crippen molar-refractivity contribution >= 4 is 17.7 Å². The number of rotatable bonds is 9. The quantitative estimate of drug-likeness (QED) is 0.502. The number of ketones is 1. The molecule has 0 bridgehead atoms. The molecule has 1 aromatic rings. The third kappa shape index (κ3) is 5.41. The van der Waals surface area contributed by atoms with E-state index in [4.69, 9.17) is 4.74 Å². The number of benzene rings is 1. The van der Waals surface area contributed by atoms with Gasteiger partial charge in [0.15, 0.2) is 0 Å². The number of hydrogen-bond donors (Lipinski definition) is 1. The van der Waals surface area contributed by atoms with Gasteiger partial charge in [0.25, 0.3) is 0 Å². The van der Waals surface area contributed by atoms with Gasteiger partial charge in [-0.05, 0) is 50.0 Å². The van der Waals surface area contributed by atoms with E-state index < -0.39 is 5.97 Å². The highest BCUT2D eigenvalue weighted by molar-refractivity contribution is 5.78. The second-order valence-corrected chi connectivity index (χ2v) is 7.51. The molecular formula is C22H30O5. The molecule has 1 fully saturated rings. The number of carbonyl (C=O) groups excluding carboxylic acids is 2. The zero-order valence-electron chi connectivity index (χ0n) is 16.3. The van der Waals surface area contributed by atoms with Crippen LogP contribution in [0.25, 0.3) is 0 Å². The SMILES string of the molecule is CCCC(=O)Oc1ccccc1C1(CCC(=O)CC)CCC(C(=O)O)CC1. The predicted molar refractivity (Wildman–Crippen MR) is 103 cm³/mol. The fraction of sp³-hybridized carbons (Fsp3) is 0.591. The van der Waals surface area contributed by atoms with Crippen molar-refractivity contribution in [2.45, 2.75) is 77.0 Å². The van der Waals surface area contributed by atoms with Gasteiger partial charge < -0.3 is 9.84 Å². The van der Waals surface area contributed by atoms with Gasteiger partial charge in [0, 0.05) is 24.8 Å². The standard InChI is InChI=1S/C22H30O5/c1-3-7-20(24)27-19-9-6-5-8-18(19)22(15-12-17(23)4-2)13-10-16(11-14-22)21(25)26/h5-6,8-9,16H,3-4,7,10-15H2,1-2H3,(H,25,26). The molecular weight excluding hydrogens is 344 g/mol. The highest BCUT2D eigenvalue weighted by Crippen LogP contribution is 2.48. The predicted octanol–water partition coefficient (Wildman–Crippen LogP) is 4.66. The lowest BCUT2D eigenvalue weighted by molar-refractivity contribution is -0.143. The fourth-order valence-corrected chi connectivity index (χ4v) is 4.00. The van der Waals surface area contributed by atoms with Gasteiger partial charge in [-0.3, -0.25) is 14.4 Å². The largest absolute Gasteiger partial charge is 0.481 e. The molecule has 1 aromatic carbocycles. The molecule has 1 N–H and O–H groups in total. The monoisotopic (exact) mass is 374 g/mol. The first-order chi connectivity index (χ1) is 12.9. The first-order valence-corrected chi connectivity index (χ1v) is 9.96. The summed E-state index contributed by atoms with van der Waals surface area (Å²) >= 11 is 0. The summed E-state index contributed by atoms with van der Waals surface area (Å²) in [5, 5.41) is 9.34. The highest BCUT2D eigenvalue weighted by Gasteiger charge is 2.40. The Bertz CT molecular complexity index is 671. The summed E-state index contributed by atoms with van der Waals surface area (Å²) < 4.78 is 5.63. The van der Waals surface area contributed by atoms with E-state index in [1.54, 1.807) is 6.07 Å². The van der Waals surface area contributed by atoms with Crippen molar-refractivity contribution in [1.29, 1.82) is 0 Å². The maximum absolute atomic E-state index is 12.1. The van der Waals surface area contributed by atoms with E-state index in [9.17, 15) is 19.5 Å². The molecule has 0 radical (unpaired) electrons. The lowest BCUT2D eigenvalue weighted by atomic mass is 9.64. The molecule has 0 saturated heterocycles. The van der Waals surface area contributed by atoms with Crippen LogP contribution in [0.5, 0.6) is 5.75 Å². The summed E-state index contributed by atoms with van der Waals surface area (Å²) in [5.74, 6) is -0.599. The van der Waals surface area contributed by atoms with E-state index in [1.807, 2.05) is 32.0 Å². The molecule has 0 atom stereocenters. The van der Waals surface area contributed by atoms with E-state index in [0.717, 1.165) is 12.0 Å². The van der Waals surface area contributed by atoms with Crippen molar-refractivity contribution in [2.75, 3.05) is 0 Å². The molecule has 0 aliphatic heterocycles. The maximum atomic E-state index is 12.1. The van der Waals surface area contributed by atoms with Gasteiger partial charge in [-0.2, -0.15) is 0 Å². The Kier molecular flexibility index (Phi) is 7.57. The Labute approximate surface area is 161 Å². The van der Waals surface area contributed by atoms with Crippen LogP contribution in [-0.2, 0) is 19.8 Å². The number of aliphatic carboxylic acids is 1. The third-order valence-electron chi connectivity index (χ3n) is 5.71. The Balaban J connectivity index is 2.32. The summed E-state index contributed by atoms with van der Waals surface area (Å²) in [5.41, 5.74) is 0.613. The summed E-state index contributed by atoms with van der Waals surface area (Å²) in [6.07, 6.45) is 5.22. The smallest absolute Gasteiger partial charge is 0.311 e. The van der Waals surface area contributed by atoms with Crippen LogP contribution >= 0.6 is 0 Å². The minimum atomic E-state index is -0.754. The summed E-state index contributed by atoms with van der Waals surface area (Å²) in [7, 11) is 0. The third-order valence-corrected chi connectivity index (χ3v) is 5.71. The number of ether oxygens (including phenoxy) is 1.